The number of Topliss-reactive ketones (excluding diaryl/α,β-unsaturated/α-hetero) is 1. The summed E-state index contributed by atoms with van der Waals surface area (Å²) < 4.78 is 23.0. The largest absolute Gasteiger partial charge is 0.312 e. The van der Waals surface area contributed by atoms with Crippen LogP contribution < -0.4 is 5.32 Å². The molecular formula is C13H23NO3S. The summed E-state index contributed by atoms with van der Waals surface area (Å²) in [6.07, 6.45) is 4.71. The van der Waals surface area contributed by atoms with Gasteiger partial charge in [-0.2, -0.15) is 0 Å². The van der Waals surface area contributed by atoms with E-state index in [2.05, 4.69) is 12.2 Å². The molecule has 2 rings (SSSR count). The molecule has 4 nitrogen and oxygen atoms in total. The molecular weight excluding hydrogens is 250 g/mol. The van der Waals surface area contributed by atoms with E-state index in [1.54, 1.807) is 0 Å². The molecule has 1 aliphatic heterocycles. The molecule has 1 heterocycles. The minimum atomic E-state index is -2.93. The van der Waals surface area contributed by atoms with Crippen LogP contribution >= 0.6 is 0 Å². The number of hydrogen-bond donors (Lipinski definition) is 1. The first-order valence-electron chi connectivity index (χ1n) is 6.93. The average Bonchev–Trinajstić information content (AvgIpc) is 2.27. The van der Waals surface area contributed by atoms with Crippen LogP contribution in [0.2, 0.25) is 0 Å². The molecule has 2 aliphatic rings. The van der Waals surface area contributed by atoms with Crippen LogP contribution in [0.4, 0.5) is 0 Å². The van der Waals surface area contributed by atoms with Crippen molar-refractivity contribution >= 4 is 15.6 Å². The highest BCUT2D eigenvalue weighted by atomic mass is 32.2. The Bertz CT molecular complexity index is 404. The lowest BCUT2D eigenvalue weighted by Crippen LogP contribution is -2.46. The molecule has 18 heavy (non-hydrogen) atoms. The summed E-state index contributed by atoms with van der Waals surface area (Å²) in [5.74, 6) is 1.39. The van der Waals surface area contributed by atoms with Gasteiger partial charge in [-0.3, -0.25) is 4.79 Å². The van der Waals surface area contributed by atoms with Crippen molar-refractivity contribution in [1.29, 1.82) is 0 Å². The molecule has 0 radical (unpaired) electrons. The van der Waals surface area contributed by atoms with Crippen LogP contribution in [-0.2, 0) is 14.6 Å². The molecule has 5 heteroatoms. The summed E-state index contributed by atoms with van der Waals surface area (Å²) in [6, 6.07) is -0.159. The van der Waals surface area contributed by atoms with Gasteiger partial charge in [0.15, 0.2) is 9.84 Å². The maximum Gasteiger partial charge on any atom is 0.153 e. The lowest BCUT2D eigenvalue weighted by molar-refractivity contribution is -0.124. The number of sulfone groups is 1. The molecule has 104 valence electrons. The number of nitrogens with one attached hydrogen (secondary N) is 1. The van der Waals surface area contributed by atoms with Gasteiger partial charge in [0.05, 0.1) is 11.5 Å². The van der Waals surface area contributed by atoms with E-state index in [1.807, 2.05) is 0 Å². The molecule has 1 aliphatic carbocycles. The molecule has 3 unspecified atom stereocenters. The van der Waals surface area contributed by atoms with E-state index in [0.29, 0.717) is 18.9 Å². The minimum absolute atomic E-state index is 0.126. The van der Waals surface area contributed by atoms with Crippen molar-refractivity contribution in [3.63, 3.8) is 0 Å². The Kier molecular flexibility index (Phi) is 4.43. The normalized spacial score (nSPS) is 36.2. The zero-order chi connectivity index (χ0) is 13.2. The number of carbonyl (C=O) groups excluding carboxylic acids is 1. The van der Waals surface area contributed by atoms with Gasteiger partial charge in [-0.05, 0) is 18.8 Å². The van der Waals surface area contributed by atoms with Gasteiger partial charge in [0.1, 0.15) is 5.78 Å². The third-order valence-corrected chi connectivity index (χ3v) is 5.88. The Morgan fingerprint density at radius 2 is 2.11 bits per heavy atom. The second-order valence-corrected chi connectivity index (χ2v) is 8.13. The summed E-state index contributed by atoms with van der Waals surface area (Å²) in [5, 5.41) is 3.16. The molecule has 0 aromatic heterocycles. The van der Waals surface area contributed by atoms with Gasteiger partial charge in [-0.25, -0.2) is 8.42 Å². The van der Waals surface area contributed by atoms with E-state index in [4.69, 9.17) is 0 Å². The Hall–Kier alpha value is -0.420. The van der Waals surface area contributed by atoms with Crippen molar-refractivity contribution in [3.8, 4) is 0 Å². The zero-order valence-corrected chi connectivity index (χ0v) is 11.8. The topological polar surface area (TPSA) is 63.2 Å². The van der Waals surface area contributed by atoms with E-state index in [9.17, 15) is 13.2 Å². The molecule has 3 atom stereocenters. The molecule has 1 saturated heterocycles. The van der Waals surface area contributed by atoms with E-state index in [-0.39, 0.29) is 29.2 Å². The Balaban J connectivity index is 1.87. The van der Waals surface area contributed by atoms with E-state index in [0.717, 1.165) is 19.3 Å². The van der Waals surface area contributed by atoms with Crippen LogP contribution in [-0.4, -0.2) is 38.3 Å². The summed E-state index contributed by atoms with van der Waals surface area (Å²) in [5.41, 5.74) is 0. The molecule has 1 N–H and O–H groups in total. The summed E-state index contributed by atoms with van der Waals surface area (Å²) in [6.45, 7) is 2.68. The van der Waals surface area contributed by atoms with Crippen molar-refractivity contribution < 1.29 is 13.2 Å². The van der Waals surface area contributed by atoms with Crippen molar-refractivity contribution in [2.24, 2.45) is 11.8 Å². The minimum Gasteiger partial charge on any atom is -0.312 e. The van der Waals surface area contributed by atoms with Crippen molar-refractivity contribution in [2.45, 2.75) is 45.1 Å². The van der Waals surface area contributed by atoms with Gasteiger partial charge in [0, 0.05) is 24.9 Å². The summed E-state index contributed by atoms with van der Waals surface area (Å²) in [7, 11) is -2.93. The fourth-order valence-corrected chi connectivity index (χ4v) is 4.58. The maximum absolute atomic E-state index is 12.2. The van der Waals surface area contributed by atoms with Gasteiger partial charge in [-0.1, -0.05) is 19.8 Å². The first-order valence-corrected chi connectivity index (χ1v) is 8.75. The third-order valence-electron chi connectivity index (χ3n) is 4.14. The number of hydrogen-bond acceptors (Lipinski definition) is 4. The first kappa shape index (κ1) is 14.0. The quantitative estimate of drug-likeness (QED) is 0.838. The van der Waals surface area contributed by atoms with Crippen LogP contribution in [0.3, 0.4) is 0 Å². The zero-order valence-electron chi connectivity index (χ0n) is 11.0. The molecule has 0 aromatic rings. The predicted molar refractivity (Wildman–Crippen MR) is 71.2 cm³/mol. The molecule has 2 fully saturated rings. The van der Waals surface area contributed by atoms with Crippen LogP contribution in [0.25, 0.3) is 0 Å². The van der Waals surface area contributed by atoms with Crippen LogP contribution in [0, 0.1) is 11.8 Å². The summed E-state index contributed by atoms with van der Waals surface area (Å²) >= 11 is 0. The lowest BCUT2D eigenvalue weighted by Gasteiger charge is -2.28. The van der Waals surface area contributed by atoms with Crippen molar-refractivity contribution in [1.82, 2.24) is 5.32 Å². The van der Waals surface area contributed by atoms with Gasteiger partial charge >= 0.3 is 0 Å². The van der Waals surface area contributed by atoms with E-state index in [1.165, 1.54) is 6.42 Å². The molecule has 0 aromatic carbocycles. The van der Waals surface area contributed by atoms with Crippen LogP contribution in [0.15, 0.2) is 0 Å². The van der Waals surface area contributed by atoms with E-state index >= 15 is 0 Å². The molecule has 0 bridgehead atoms. The second kappa shape index (κ2) is 5.70. The highest BCUT2D eigenvalue weighted by Gasteiger charge is 2.30. The summed E-state index contributed by atoms with van der Waals surface area (Å²) in [4.78, 5) is 12.2. The molecule has 0 amide bonds. The van der Waals surface area contributed by atoms with Crippen LogP contribution in [0.1, 0.15) is 39.0 Å². The second-order valence-electron chi connectivity index (χ2n) is 5.90. The predicted octanol–water partition coefficient (Wildman–Crippen LogP) is 1.16. The number of rotatable bonds is 3. The van der Waals surface area contributed by atoms with Gasteiger partial charge in [-0.15, -0.1) is 0 Å². The lowest BCUT2D eigenvalue weighted by atomic mass is 9.79. The smallest absolute Gasteiger partial charge is 0.153 e. The Morgan fingerprint density at radius 1 is 1.33 bits per heavy atom. The highest BCUT2D eigenvalue weighted by Crippen LogP contribution is 2.30. The molecule has 0 spiro atoms. The number of carbonyl (C=O) groups is 1. The Morgan fingerprint density at radius 3 is 2.78 bits per heavy atom. The Labute approximate surface area is 109 Å². The standard InChI is InChI=1S/C13H23NO3S/c1-10-3-2-4-11(7-10)13(15)8-12-9-18(16,17)6-5-14-12/h10-12,14H,2-9H2,1H3. The fraction of sp³-hybridized carbons (Fsp3) is 0.923. The average molecular weight is 273 g/mol. The van der Waals surface area contributed by atoms with Crippen molar-refractivity contribution in [2.75, 3.05) is 18.1 Å². The fourth-order valence-electron chi connectivity index (χ4n) is 3.13. The third kappa shape index (κ3) is 3.79. The van der Waals surface area contributed by atoms with Gasteiger partial charge < -0.3 is 5.32 Å². The first-order chi connectivity index (χ1) is 8.46. The monoisotopic (exact) mass is 273 g/mol. The van der Waals surface area contributed by atoms with E-state index < -0.39 is 9.84 Å². The molecule has 1 saturated carbocycles. The van der Waals surface area contributed by atoms with Gasteiger partial charge in [0.2, 0.25) is 0 Å². The van der Waals surface area contributed by atoms with Crippen molar-refractivity contribution in [3.05, 3.63) is 0 Å². The SMILES string of the molecule is CC1CCCC(C(=O)CC2CS(=O)(=O)CCN2)C1. The maximum atomic E-state index is 12.2. The number of ketones is 1. The highest BCUT2D eigenvalue weighted by molar-refractivity contribution is 7.91. The van der Waals surface area contributed by atoms with Gasteiger partial charge in [0.25, 0.3) is 0 Å². The van der Waals surface area contributed by atoms with Crippen LogP contribution in [0.5, 0.6) is 0 Å².